The van der Waals surface area contributed by atoms with Crippen LogP contribution >= 0.6 is 0 Å². The summed E-state index contributed by atoms with van der Waals surface area (Å²) >= 11 is 0. The molecule has 1 atom stereocenters. The van der Waals surface area contributed by atoms with Gasteiger partial charge in [-0.25, -0.2) is 0 Å². The van der Waals surface area contributed by atoms with Crippen LogP contribution in [0.3, 0.4) is 0 Å². The van der Waals surface area contributed by atoms with Crippen LogP contribution in [0, 0.1) is 13.8 Å². The molecule has 1 saturated heterocycles. The van der Waals surface area contributed by atoms with E-state index in [0.29, 0.717) is 24.8 Å². The van der Waals surface area contributed by atoms with Gasteiger partial charge in [-0.05, 0) is 31.9 Å². The largest absolute Gasteiger partial charge is 0.351 e. The lowest BCUT2D eigenvalue weighted by Crippen LogP contribution is -2.49. The number of carbonyl (C=O) groups excluding carboxylic acids is 1. The molecule has 0 spiro atoms. The van der Waals surface area contributed by atoms with E-state index in [4.69, 9.17) is 4.52 Å². The van der Waals surface area contributed by atoms with Crippen LogP contribution < -0.4 is 5.32 Å². The minimum atomic E-state index is 0.0405. The SMILES string of the molecule is Cc1ccc(-c2noc(C(C)N3CCN(CC(=O)NCc4ccccc4C)CC3)n2)cc1. The Morgan fingerprint density at radius 2 is 1.78 bits per heavy atom. The molecule has 1 amide bonds. The molecule has 0 aliphatic carbocycles. The fourth-order valence-corrected chi connectivity index (χ4v) is 3.95. The van der Waals surface area contributed by atoms with E-state index in [2.05, 4.69) is 58.2 Å². The lowest BCUT2D eigenvalue weighted by atomic mass is 10.1. The molecule has 0 saturated carbocycles. The number of piperazine rings is 1. The number of nitrogens with zero attached hydrogens (tertiary/aromatic N) is 4. The summed E-state index contributed by atoms with van der Waals surface area (Å²) in [6.07, 6.45) is 0. The average Bonchev–Trinajstić information content (AvgIpc) is 3.29. The third-order valence-electron chi connectivity index (χ3n) is 6.17. The highest BCUT2D eigenvalue weighted by atomic mass is 16.5. The second kappa shape index (κ2) is 10.1. The summed E-state index contributed by atoms with van der Waals surface area (Å²) < 4.78 is 5.56. The van der Waals surface area contributed by atoms with Crippen LogP contribution in [0.25, 0.3) is 11.4 Å². The van der Waals surface area contributed by atoms with Crippen molar-refractivity contribution in [2.45, 2.75) is 33.4 Å². The number of rotatable bonds is 7. The Morgan fingerprint density at radius 1 is 1.06 bits per heavy atom. The first-order chi connectivity index (χ1) is 15.5. The van der Waals surface area contributed by atoms with Crippen molar-refractivity contribution in [3.8, 4) is 11.4 Å². The minimum absolute atomic E-state index is 0.0405. The highest BCUT2D eigenvalue weighted by molar-refractivity contribution is 5.78. The van der Waals surface area contributed by atoms with Gasteiger partial charge >= 0.3 is 0 Å². The molecule has 4 rings (SSSR count). The molecule has 1 N–H and O–H groups in total. The number of hydrogen-bond acceptors (Lipinski definition) is 6. The van der Waals surface area contributed by atoms with Crippen LogP contribution in [0.5, 0.6) is 0 Å². The van der Waals surface area contributed by atoms with Crippen molar-refractivity contribution < 1.29 is 9.32 Å². The number of hydrogen-bond donors (Lipinski definition) is 1. The summed E-state index contributed by atoms with van der Waals surface area (Å²) in [5.74, 6) is 1.32. The maximum absolute atomic E-state index is 12.4. The summed E-state index contributed by atoms with van der Waals surface area (Å²) in [6.45, 7) is 10.6. The number of benzene rings is 2. The molecule has 0 radical (unpaired) electrons. The fourth-order valence-electron chi connectivity index (χ4n) is 3.95. The molecular weight excluding hydrogens is 402 g/mol. The third kappa shape index (κ3) is 5.41. The number of aromatic nitrogens is 2. The van der Waals surface area contributed by atoms with Gasteiger partial charge in [0.2, 0.25) is 17.6 Å². The van der Waals surface area contributed by atoms with Gasteiger partial charge in [0, 0.05) is 38.3 Å². The Kier molecular flexibility index (Phi) is 6.97. The molecule has 1 aromatic heterocycles. The van der Waals surface area contributed by atoms with Crippen LogP contribution in [0.15, 0.2) is 53.1 Å². The summed E-state index contributed by atoms with van der Waals surface area (Å²) in [5.41, 5.74) is 4.51. The van der Waals surface area contributed by atoms with Crippen molar-refractivity contribution in [2.75, 3.05) is 32.7 Å². The molecule has 7 heteroatoms. The molecule has 3 aromatic rings. The zero-order valence-corrected chi connectivity index (χ0v) is 19.0. The predicted octanol–water partition coefficient (Wildman–Crippen LogP) is 3.35. The highest BCUT2D eigenvalue weighted by Crippen LogP contribution is 2.23. The van der Waals surface area contributed by atoms with Gasteiger partial charge in [0.1, 0.15) is 0 Å². The Bertz CT molecular complexity index is 1040. The molecule has 7 nitrogen and oxygen atoms in total. The van der Waals surface area contributed by atoms with E-state index in [1.54, 1.807) is 0 Å². The second-order valence-corrected chi connectivity index (χ2v) is 8.51. The molecule has 0 bridgehead atoms. The van der Waals surface area contributed by atoms with Crippen LogP contribution in [0.1, 0.15) is 35.5 Å². The van der Waals surface area contributed by atoms with Gasteiger partial charge < -0.3 is 9.84 Å². The Balaban J connectivity index is 1.25. The highest BCUT2D eigenvalue weighted by Gasteiger charge is 2.26. The van der Waals surface area contributed by atoms with Crippen molar-refractivity contribution in [2.24, 2.45) is 0 Å². The van der Waals surface area contributed by atoms with Gasteiger partial charge in [-0.3, -0.25) is 14.6 Å². The third-order valence-corrected chi connectivity index (χ3v) is 6.17. The van der Waals surface area contributed by atoms with E-state index in [0.717, 1.165) is 37.3 Å². The second-order valence-electron chi connectivity index (χ2n) is 8.51. The van der Waals surface area contributed by atoms with E-state index in [1.165, 1.54) is 11.1 Å². The number of carbonyl (C=O) groups is 1. The first kappa shape index (κ1) is 22.2. The normalized spacial score (nSPS) is 16.1. The topological polar surface area (TPSA) is 74.5 Å². The molecule has 1 aliphatic rings. The van der Waals surface area contributed by atoms with Crippen LogP contribution in [-0.4, -0.2) is 58.6 Å². The zero-order chi connectivity index (χ0) is 22.5. The minimum Gasteiger partial charge on any atom is -0.351 e. The van der Waals surface area contributed by atoms with Crippen molar-refractivity contribution in [1.29, 1.82) is 0 Å². The van der Waals surface area contributed by atoms with E-state index in [9.17, 15) is 4.79 Å². The van der Waals surface area contributed by atoms with Crippen LogP contribution in [0.4, 0.5) is 0 Å². The molecular formula is C25H31N5O2. The van der Waals surface area contributed by atoms with E-state index < -0.39 is 0 Å². The van der Waals surface area contributed by atoms with E-state index in [-0.39, 0.29) is 11.9 Å². The smallest absolute Gasteiger partial charge is 0.244 e. The van der Waals surface area contributed by atoms with Crippen molar-refractivity contribution in [3.05, 3.63) is 71.1 Å². The van der Waals surface area contributed by atoms with E-state index in [1.807, 2.05) is 36.4 Å². The Labute approximate surface area is 189 Å². The first-order valence-corrected chi connectivity index (χ1v) is 11.2. The molecule has 1 fully saturated rings. The van der Waals surface area contributed by atoms with Gasteiger partial charge in [0.15, 0.2) is 0 Å². The molecule has 32 heavy (non-hydrogen) atoms. The quantitative estimate of drug-likeness (QED) is 0.616. The Hall–Kier alpha value is -3.03. The zero-order valence-electron chi connectivity index (χ0n) is 19.0. The molecule has 168 valence electrons. The number of aryl methyl sites for hydroxylation is 2. The van der Waals surface area contributed by atoms with Gasteiger partial charge in [-0.15, -0.1) is 0 Å². The van der Waals surface area contributed by atoms with Crippen molar-refractivity contribution in [3.63, 3.8) is 0 Å². The van der Waals surface area contributed by atoms with Crippen molar-refractivity contribution >= 4 is 5.91 Å². The number of nitrogens with one attached hydrogen (secondary N) is 1. The predicted molar refractivity (Wildman–Crippen MR) is 124 cm³/mol. The van der Waals surface area contributed by atoms with Gasteiger partial charge in [-0.1, -0.05) is 59.3 Å². The maximum atomic E-state index is 12.4. The standard InChI is InChI=1S/C25H31N5O2/c1-18-8-10-21(11-9-18)24-27-25(32-28-24)20(3)30-14-12-29(13-15-30)17-23(31)26-16-22-7-5-4-6-19(22)2/h4-11,20H,12-17H2,1-3H3,(H,26,31). The summed E-state index contributed by atoms with van der Waals surface area (Å²) in [5, 5.41) is 7.20. The number of amides is 1. The fraction of sp³-hybridized carbons (Fsp3) is 0.400. The molecule has 2 aromatic carbocycles. The summed E-state index contributed by atoms with van der Waals surface area (Å²) in [7, 11) is 0. The summed E-state index contributed by atoms with van der Waals surface area (Å²) in [4.78, 5) is 21.5. The average molecular weight is 434 g/mol. The van der Waals surface area contributed by atoms with Gasteiger partial charge in [0.05, 0.1) is 12.6 Å². The monoisotopic (exact) mass is 433 g/mol. The van der Waals surface area contributed by atoms with Crippen LogP contribution in [-0.2, 0) is 11.3 Å². The van der Waals surface area contributed by atoms with Crippen LogP contribution in [0.2, 0.25) is 0 Å². The van der Waals surface area contributed by atoms with Gasteiger partial charge in [-0.2, -0.15) is 4.98 Å². The first-order valence-electron chi connectivity index (χ1n) is 11.2. The molecule has 1 unspecified atom stereocenters. The lowest BCUT2D eigenvalue weighted by Gasteiger charge is -2.36. The molecule has 2 heterocycles. The summed E-state index contributed by atoms with van der Waals surface area (Å²) in [6, 6.07) is 16.3. The lowest BCUT2D eigenvalue weighted by molar-refractivity contribution is -0.122. The van der Waals surface area contributed by atoms with Gasteiger partial charge in [0.25, 0.3) is 0 Å². The van der Waals surface area contributed by atoms with Crippen molar-refractivity contribution in [1.82, 2.24) is 25.3 Å². The van der Waals surface area contributed by atoms with E-state index >= 15 is 0 Å². The Morgan fingerprint density at radius 3 is 2.50 bits per heavy atom. The molecule has 1 aliphatic heterocycles. The maximum Gasteiger partial charge on any atom is 0.244 e.